The number of halogens is 1. The van der Waals surface area contributed by atoms with Crippen LogP contribution in [0.5, 0.6) is 0 Å². The molecule has 1 atom stereocenters. The van der Waals surface area contributed by atoms with Gasteiger partial charge in [-0.1, -0.05) is 0 Å². The molecule has 0 amide bonds. The quantitative estimate of drug-likeness (QED) is 0.910. The minimum absolute atomic E-state index is 0.140. The van der Waals surface area contributed by atoms with Crippen LogP contribution in [0.1, 0.15) is 27.2 Å². The van der Waals surface area contributed by atoms with Crippen LogP contribution in [-0.2, 0) is 0 Å². The summed E-state index contributed by atoms with van der Waals surface area (Å²) in [5.74, 6) is 0.778. The Labute approximate surface area is 114 Å². The minimum Gasteiger partial charge on any atom is -0.390 e. The average molecular weight is 313 g/mol. The van der Waals surface area contributed by atoms with E-state index < -0.39 is 5.60 Å². The van der Waals surface area contributed by atoms with Gasteiger partial charge in [0.25, 0.3) is 0 Å². The lowest BCUT2D eigenvalue weighted by Gasteiger charge is -2.23. The topological polar surface area (TPSA) is 62.5 Å². The Kier molecular flexibility index (Phi) is 3.59. The van der Waals surface area contributed by atoms with Crippen LogP contribution in [0.15, 0.2) is 22.9 Å². The number of hydrogen-bond donors (Lipinski definition) is 2. The fourth-order valence-corrected chi connectivity index (χ4v) is 2.34. The molecule has 18 heavy (non-hydrogen) atoms. The second-order valence-electron chi connectivity index (χ2n) is 5.14. The van der Waals surface area contributed by atoms with Crippen molar-refractivity contribution in [1.29, 1.82) is 0 Å². The first-order valence-electron chi connectivity index (χ1n) is 5.84. The molecule has 2 rings (SSSR count). The zero-order valence-corrected chi connectivity index (χ0v) is 12.3. The van der Waals surface area contributed by atoms with Crippen LogP contribution in [0.25, 0.3) is 5.65 Å². The highest BCUT2D eigenvalue weighted by atomic mass is 79.9. The highest BCUT2D eigenvalue weighted by Gasteiger charge is 2.17. The molecule has 0 aliphatic heterocycles. The molecule has 2 aromatic heterocycles. The van der Waals surface area contributed by atoms with Gasteiger partial charge in [-0.05, 0) is 49.2 Å². The Morgan fingerprint density at radius 1 is 1.56 bits per heavy atom. The normalized spacial score (nSPS) is 13.8. The van der Waals surface area contributed by atoms with Crippen molar-refractivity contribution in [1.82, 2.24) is 14.6 Å². The highest BCUT2D eigenvalue weighted by Crippen LogP contribution is 2.18. The SMILES string of the molecule is CC(CC(C)(C)O)Nc1ccn2ncc(Br)c2n1. The molecule has 2 heterocycles. The van der Waals surface area contributed by atoms with E-state index in [4.69, 9.17) is 0 Å². The summed E-state index contributed by atoms with van der Waals surface area (Å²) in [7, 11) is 0. The smallest absolute Gasteiger partial charge is 0.171 e. The van der Waals surface area contributed by atoms with Crippen LogP contribution < -0.4 is 5.32 Å². The van der Waals surface area contributed by atoms with E-state index in [9.17, 15) is 5.11 Å². The molecule has 0 radical (unpaired) electrons. The van der Waals surface area contributed by atoms with E-state index in [1.54, 1.807) is 24.6 Å². The lowest BCUT2D eigenvalue weighted by atomic mass is 10.0. The fourth-order valence-electron chi connectivity index (χ4n) is 1.97. The summed E-state index contributed by atoms with van der Waals surface area (Å²) in [6.45, 7) is 5.62. The summed E-state index contributed by atoms with van der Waals surface area (Å²) in [5.41, 5.74) is 0.0868. The zero-order chi connectivity index (χ0) is 13.3. The van der Waals surface area contributed by atoms with Crippen LogP contribution >= 0.6 is 15.9 Å². The van der Waals surface area contributed by atoms with Gasteiger partial charge in [0.05, 0.1) is 16.3 Å². The Morgan fingerprint density at radius 3 is 2.94 bits per heavy atom. The third-order valence-corrected chi connectivity index (χ3v) is 3.09. The third-order valence-electron chi connectivity index (χ3n) is 2.53. The van der Waals surface area contributed by atoms with Crippen LogP contribution in [0, 0.1) is 0 Å². The maximum Gasteiger partial charge on any atom is 0.171 e. The number of nitrogens with one attached hydrogen (secondary N) is 1. The number of fused-ring (bicyclic) bond motifs is 1. The Balaban J connectivity index is 2.14. The van der Waals surface area contributed by atoms with Gasteiger partial charge in [0.2, 0.25) is 0 Å². The van der Waals surface area contributed by atoms with Crippen molar-refractivity contribution in [3.8, 4) is 0 Å². The Morgan fingerprint density at radius 2 is 2.28 bits per heavy atom. The van der Waals surface area contributed by atoms with E-state index in [-0.39, 0.29) is 6.04 Å². The molecule has 0 spiro atoms. The number of aromatic nitrogens is 3. The summed E-state index contributed by atoms with van der Waals surface area (Å²) in [5, 5.41) is 17.2. The van der Waals surface area contributed by atoms with Crippen LogP contribution in [-0.4, -0.2) is 31.3 Å². The summed E-state index contributed by atoms with van der Waals surface area (Å²) >= 11 is 3.40. The number of hydrogen-bond acceptors (Lipinski definition) is 4. The second-order valence-corrected chi connectivity index (χ2v) is 5.99. The van der Waals surface area contributed by atoms with Crippen molar-refractivity contribution in [2.24, 2.45) is 0 Å². The molecule has 0 aliphatic rings. The molecule has 6 heteroatoms. The molecular weight excluding hydrogens is 296 g/mol. The van der Waals surface area contributed by atoms with Gasteiger partial charge in [-0.3, -0.25) is 0 Å². The number of nitrogens with zero attached hydrogens (tertiary/aromatic N) is 3. The molecule has 0 aromatic carbocycles. The molecule has 0 aliphatic carbocycles. The number of rotatable bonds is 4. The van der Waals surface area contributed by atoms with Gasteiger partial charge in [0.15, 0.2) is 5.65 Å². The lowest BCUT2D eigenvalue weighted by molar-refractivity contribution is 0.0673. The second kappa shape index (κ2) is 4.85. The summed E-state index contributed by atoms with van der Waals surface area (Å²) in [6, 6.07) is 2.01. The number of anilines is 1. The van der Waals surface area contributed by atoms with E-state index in [1.807, 2.05) is 19.2 Å². The first-order valence-corrected chi connectivity index (χ1v) is 6.63. The molecule has 0 saturated carbocycles. The van der Waals surface area contributed by atoms with Gasteiger partial charge in [0.1, 0.15) is 5.82 Å². The molecule has 5 nitrogen and oxygen atoms in total. The predicted molar refractivity (Wildman–Crippen MR) is 74.7 cm³/mol. The van der Waals surface area contributed by atoms with Crippen molar-refractivity contribution >= 4 is 27.4 Å². The monoisotopic (exact) mass is 312 g/mol. The Bertz CT molecular complexity index is 546. The first kappa shape index (κ1) is 13.3. The van der Waals surface area contributed by atoms with Crippen molar-refractivity contribution in [2.45, 2.75) is 38.8 Å². The third kappa shape index (κ3) is 3.20. The molecule has 1 unspecified atom stereocenters. The van der Waals surface area contributed by atoms with Gasteiger partial charge in [-0.2, -0.15) is 5.10 Å². The van der Waals surface area contributed by atoms with E-state index in [0.717, 1.165) is 15.9 Å². The number of aliphatic hydroxyl groups is 1. The largest absolute Gasteiger partial charge is 0.390 e. The first-order chi connectivity index (χ1) is 8.35. The summed E-state index contributed by atoms with van der Waals surface area (Å²) < 4.78 is 2.57. The molecule has 0 bridgehead atoms. The minimum atomic E-state index is -0.687. The highest BCUT2D eigenvalue weighted by molar-refractivity contribution is 9.10. The van der Waals surface area contributed by atoms with Crippen LogP contribution in [0.4, 0.5) is 5.82 Å². The lowest BCUT2D eigenvalue weighted by Crippen LogP contribution is -2.29. The van der Waals surface area contributed by atoms with Crippen LogP contribution in [0.2, 0.25) is 0 Å². The zero-order valence-electron chi connectivity index (χ0n) is 10.7. The van der Waals surface area contributed by atoms with Crippen molar-refractivity contribution < 1.29 is 5.11 Å². The van der Waals surface area contributed by atoms with Crippen LogP contribution in [0.3, 0.4) is 0 Å². The maximum atomic E-state index is 9.77. The average Bonchev–Trinajstić information content (AvgIpc) is 2.57. The van der Waals surface area contributed by atoms with Crippen molar-refractivity contribution in [3.63, 3.8) is 0 Å². The maximum absolute atomic E-state index is 9.77. The molecule has 2 N–H and O–H groups in total. The summed E-state index contributed by atoms with van der Waals surface area (Å²) in [4.78, 5) is 4.47. The van der Waals surface area contributed by atoms with Gasteiger partial charge in [-0.15, -0.1) is 0 Å². The Hall–Kier alpha value is -1.14. The summed E-state index contributed by atoms with van der Waals surface area (Å²) in [6.07, 6.45) is 4.22. The molecule has 2 aromatic rings. The van der Waals surface area contributed by atoms with Gasteiger partial charge in [0, 0.05) is 12.2 Å². The van der Waals surface area contributed by atoms with E-state index in [2.05, 4.69) is 31.3 Å². The molecule has 0 saturated heterocycles. The van der Waals surface area contributed by atoms with E-state index >= 15 is 0 Å². The van der Waals surface area contributed by atoms with Crippen molar-refractivity contribution in [3.05, 3.63) is 22.9 Å². The fraction of sp³-hybridized carbons (Fsp3) is 0.500. The molecular formula is C12H17BrN4O. The standard InChI is InChI=1S/C12H17BrN4O/c1-8(6-12(2,3)18)15-10-4-5-17-11(16-10)9(13)7-14-17/h4-5,7-8,18H,6H2,1-3H3,(H,15,16). The van der Waals surface area contributed by atoms with Gasteiger partial charge >= 0.3 is 0 Å². The van der Waals surface area contributed by atoms with Gasteiger partial charge < -0.3 is 10.4 Å². The molecule has 98 valence electrons. The van der Waals surface area contributed by atoms with E-state index in [0.29, 0.717) is 6.42 Å². The molecule has 0 fully saturated rings. The predicted octanol–water partition coefficient (Wildman–Crippen LogP) is 2.45. The van der Waals surface area contributed by atoms with Crippen molar-refractivity contribution in [2.75, 3.05) is 5.32 Å². The van der Waals surface area contributed by atoms with Gasteiger partial charge in [-0.25, -0.2) is 9.50 Å². The van der Waals surface area contributed by atoms with E-state index in [1.165, 1.54) is 0 Å².